The van der Waals surface area contributed by atoms with Crippen molar-refractivity contribution in [2.24, 2.45) is 4.99 Å². The molecule has 7 nitrogen and oxygen atoms in total. The van der Waals surface area contributed by atoms with E-state index in [1.54, 1.807) is 42.5 Å². The lowest BCUT2D eigenvalue weighted by Crippen LogP contribution is -2.23. The van der Waals surface area contributed by atoms with Crippen molar-refractivity contribution in [3.8, 4) is 22.6 Å². The summed E-state index contributed by atoms with van der Waals surface area (Å²) < 4.78 is 5.88. The number of carbonyl (C=O) groups is 2. The molecular weight excluding hydrogens is 452 g/mol. The van der Waals surface area contributed by atoms with Crippen LogP contribution in [-0.4, -0.2) is 25.6 Å². The number of amides is 2. The van der Waals surface area contributed by atoms with Gasteiger partial charge in [-0.1, -0.05) is 42.5 Å². The molecule has 0 aromatic heterocycles. The van der Waals surface area contributed by atoms with Gasteiger partial charge in [-0.2, -0.15) is 0 Å². The van der Waals surface area contributed by atoms with Crippen LogP contribution in [0.4, 0.5) is 17.1 Å². The standard InChI is InChI=1S/C29H24N4O3/c1-30-23-13-11-20(15-24(23)31-2)19-9-7-18(8-10-19)17-32-28(34)21-12-14-27-25(16-21)33-29(35)22-5-3-4-6-26(22)36-27/h3-16,30H,2,17H2,1H3,(H,32,34)(H,33,35). The first kappa shape index (κ1) is 22.9. The maximum atomic E-state index is 12.8. The summed E-state index contributed by atoms with van der Waals surface area (Å²) in [5.74, 6) is 0.433. The van der Waals surface area contributed by atoms with E-state index in [9.17, 15) is 9.59 Å². The summed E-state index contributed by atoms with van der Waals surface area (Å²) in [5, 5.41) is 8.86. The van der Waals surface area contributed by atoms with Crippen LogP contribution in [0, 0.1) is 0 Å². The van der Waals surface area contributed by atoms with Crippen molar-refractivity contribution in [3.05, 3.63) is 102 Å². The molecule has 0 bridgehead atoms. The van der Waals surface area contributed by atoms with Crippen LogP contribution >= 0.6 is 0 Å². The molecule has 0 atom stereocenters. The van der Waals surface area contributed by atoms with Gasteiger partial charge in [0.1, 0.15) is 5.75 Å². The molecule has 5 rings (SSSR count). The Labute approximate surface area is 208 Å². The smallest absolute Gasteiger partial charge is 0.259 e. The third kappa shape index (κ3) is 4.54. The molecule has 0 saturated carbocycles. The molecule has 0 aliphatic carbocycles. The van der Waals surface area contributed by atoms with Crippen molar-refractivity contribution in [1.29, 1.82) is 0 Å². The van der Waals surface area contributed by atoms with E-state index in [-0.39, 0.29) is 11.8 Å². The average molecular weight is 477 g/mol. The second-order valence-electron chi connectivity index (χ2n) is 8.28. The van der Waals surface area contributed by atoms with Gasteiger partial charge in [0.2, 0.25) is 0 Å². The number of nitrogens with one attached hydrogen (secondary N) is 3. The molecule has 36 heavy (non-hydrogen) atoms. The number of hydrogen-bond acceptors (Lipinski definition) is 5. The predicted octanol–water partition coefficient (Wildman–Crippen LogP) is 6.02. The number of rotatable bonds is 6. The molecule has 0 radical (unpaired) electrons. The van der Waals surface area contributed by atoms with Crippen LogP contribution in [-0.2, 0) is 6.54 Å². The van der Waals surface area contributed by atoms with Crippen LogP contribution in [0.15, 0.2) is 89.9 Å². The molecule has 1 aliphatic rings. The van der Waals surface area contributed by atoms with Crippen LogP contribution in [0.25, 0.3) is 11.1 Å². The van der Waals surface area contributed by atoms with Crippen molar-refractivity contribution in [2.45, 2.75) is 6.54 Å². The minimum Gasteiger partial charge on any atom is -0.454 e. The lowest BCUT2D eigenvalue weighted by atomic mass is 10.0. The van der Waals surface area contributed by atoms with Crippen molar-refractivity contribution in [3.63, 3.8) is 0 Å². The maximum Gasteiger partial charge on any atom is 0.259 e. The third-order valence-electron chi connectivity index (χ3n) is 6.02. The highest BCUT2D eigenvalue weighted by molar-refractivity contribution is 6.08. The first-order chi connectivity index (χ1) is 17.6. The SMILES string of the molecule is C=Nc1cc(-c2ccc(CNC(=O)c3ccc4c(c3)NC(=O)c3ccccc3O4)cc2)ccc1NC. The lowest BCUT2D eigenvalue weighted by molar-refractivity contribution is 0.0949. The quantitative estimate of drug-likeness (QED) is 0.297. The number of ether oxygens (including phenoxy) is 1. The normalized spacial score (nSPS) is 11.8. The Morgan fingerprint density at radius 3 is 2.50 bits per heavy atom. The van der Waals surface area contributed by atoms with Crippen LogP contribution < -0.4 is 20.7 Å². The Morgan fingerprint density at radius 1 is 0.944 bits per heavy atom. The molecule has 4 aromatic carbocycles. The fourth-order valence-corrected chi connectivity index (χ4v) is 4.06. The average Bonchev–Trinajstić information content (AvgIpc) is 3.06. The van der Waals surface area contributed by atoms with E-state index in [1.165, 1.54) is 0 Å². The highest BCUT2D eigenvalue weighted by Crippen LogP contribution is 2.36. The highest BCUT2D eigenvalue weighted by atomic mass is 16.5. The topological polar surface area (TPSA) is 91.8 Å². The number of para-hydroxylation sites is 1. The minimum absolute atomic E-state index is 0.248. The molecule has 0 saturated heterocycles. The minimum atomic E-state index is -0.279. The number of anilines is 2. The van der Waals surface area contributed by atoms with E-state index < -0.39 is 0 Å². The predicted molar refractivity (Wildman–Crippen MR) is 143 cm³/mol. The second kappa shape index (κ2) is 9.76. The molecule has 3 N–H and O–H groups in total. The van der Waals surface area contributed by atoms with E-state index in [2.05, 4.69) is 27.7 Å². The van der Waals surface area contributed by atoms with E-state index in [4.69, 9.17) is 4.74 Å². The zero-order valence-corrected chi connectivity index (χ0v) is 19.7. The fraction of sp³-hybridized carbons (Fsp3) is 0.0690. The van der Waals surface area contributed by atoms with Gasteiger partial charge in [0.15, 0.2) is 5.75 Å². The largest absolute Gasteiger partial charge is 0.454 e. The summed E-state index contributed by atoms with van der Waals surface area (Å²) in [6, 6.07) is 26.0. The monoisotopic (exact) mass is 476 g/mol. The molecule has 178 valence electrons. The van der Waals surface area contributed by atoms with Gasteiger partial charge in [-0.05, 0) is 65.9 Å². The van der Waals surface area contributed by atoms with Gasteiger partial charge in [0.05, 0.1) is 22.6 Å². The van der Waals surface area contributed by atoms with Gasteiger partial charge in [-0.25, -0.2) is 0 Å². The van der Waals surface area contributed by atoms with E-state index in [0.29, 0.717) is 34.9 Å². The zero-order valence-electron chi connectivity index (χ0n) is 19.7. The number of carbonyl (C=O) groups excluding carboxylic acids is 2. The molecule has 0 unspecified atom stereocenters. The zero-order chi connectivity index (χ0) is 25.1. The van der Waals surface area contributed by atoms with Gasteiger partial charge in [0, 0.05) is 19.2 Å². The highest BCUT2D eigenvalue weighted by Gasteiger charge is 2.21. The molecule has 1 heterocycles. The molecule has 0 spiro atoms. The van der Waals surface area contributed by atoms with Crippen molar-refractivity contribution in [2.75, 3.05) is 17.7 Å². The van der Waals surface area contributed by atoms with Crippen molar-refractivity contribution in [1.82, 2.24) is 5.32 Å². The Morgan fingerprint density at radius 2 is 1.72 bits per heavy atom. The summed E-state index contributed by atoms with van der Waals surface area (Å²) in [6.45, 7) is 4.00. The Hall–Kier alpha value is -4.91. The van der Waals surface area contributed by atoms with E-state index in [1.807, 2.05) is 49.5 Å². The van der Waals surface area contributed by atoms with Crippen molar-refractivity contribution >= 4 is 35.6 Å². The van der Waals surface area contributed by atoms with Gasteiger partial charge >= 0.3 is 0 Å². The van der Waals surface area contributed by atoms with E-state index in [0.717, 1.165) is 28.1 Å². The summed E-state index contributed by atoms with van der Waals surface area (Å²) in [4.78, 5) is 29.5. The molecule has 0 fully saturated rings. The fourth-order valence-electron chi connectivity index (χ4n) is 4.06. The van der Waals surface area contributed by atoms with Crippen LogP contribution in [0.3, 0.4) is 0 Å². The summed E-state index contributed by atoms with van der Waals surface area (Å²) in [7, 11) is 1.85. The Balaban J connectivity index is 1.26. The van der Waals surface area contributed by atoms with Crippen LogP contribution in [0.2, 0.25) is 0 Å². The van der Waals surface area contributed by atoms with Gasteiger partial charge < -0.3 is 20.7 Å². The van der Waals surface area contributed by atoms with Crippen LogP contribution in [0.5, 0.6) is 11.5 Å². The first-order valence-corrected chi connectivity index (χ1v) is 11.4. The molecule has 7 heteroatoms. The number of aliphatic imine (C=N–C) groups is 1. The number of fused-ring (bicyclic) bond motifs is 2. The molecule has 1 aliphatic heterocycles. The molecule has 2 amide bonds. The summed E-state index contributed by atoms with van der Waals surface area (Å²) >= 11 is 0. The lowest BCUT2D eigenvalue weighted by Gasteiger charge is -2.11. The molecular formula is C29H24N4O3. The summed E-state index contributed by atoms with van der Waals surface area (Å²) in [5.41, 5.74) is 6.06. The van der Waals surface area contributed by atoms with Gasteiger partial charge in [-0.3, -0.25) is 14.6 Å². The Kier molecular flexibility index (Phi) is 6.19. The van der Waals surface area contributed by atoms with Crippen LogP contribution in [0.1, 0.15) is 26.3 Å². The van der Waals surface area contributed by atoms with E-state index >= 15 is 0 Å². The molecule has 4 aromatic rings. The maximum absolute atomic E-state index is 12.8. The number of nitrogens with zero attached hydrogens (tertiary/aromatic N) is 1. The summed E-state index contributed by atoms with van der Waals surface area (Å²) in [6.07, 6.45) is 0. The third-order valence-corrected chi connectivity index (χ3v) is 6.02. The first-order valence-electron chi connectivity index (χ1n) is 11.4. The Bertz CT molecular complexity index is 1480. The second-order valence-corrected chi connectivity index (χ2v) is 8.28. The van der Waals surface area contributed by atoms with Gasteiger partial charge in [-0.15, -0.1) is 0 Å². The number of hydrogen-bond donors (Lipinski definition) is 3. The van der Waals surface area contributed by atoms with Gasteiger partial charge in [0.25, 0.3) is 11.8 Å². The number of benzene rings is 4. The van der Waals surface area contributed by atoms with Crippen molar-refractivity contribution < 1.29 is 14.3 Å².